The summed E-state index contributed by atoms with van der Waals surface area (Å²) in [5.74, 6) is 1.17. The Balaban J connectivity index is 0.00000552. The maximum absolute atomic E-state index is 13.5. The first-order valence-electron chi connectivity index (χ1n) is 14.7. The number of likely N-dealkylation sites (N-methyl/N-ethyl adjacent to an activating group) is 1. The maximum atomic E-state index is 13.5. The van der Waals surface area contributed by atoms with Crippen molar-refractivity contribution < 1.29 is 31.2 Å². The molecule has 0 fully saturated rings. The van der Waals surface area contributed by atoms with E-state index in [1.165, 1.54) is 11.1 Å². The molecule has 1 aromatic heterocycles. The fraction of sp³-hybridized carbons (Fsp3) is 0.324. The van der Waals surface area contributed by atoms with E-state index < -0.39 is 5.91 Å². The van der Waals surface area contributed by atoms with Crippen LogP contribution in [-0.2, 0) is 12.8 Å². The van der Waals surface area contributed by atoms with Gasteiger partial charge in [0.1, 0.15) is 24.1 Å². The SMILES string of the molecule is COc1ccc(CCC[N+](C)(CCCc2ccc(OC)cc2)CC(NC(=O)c2nc(Cl)c(N)nc2N)c2ccccc2)cc1.[Cl-]. The number of amides is 1. The van der Waals surface area contributed by atoms with E-state index in [4.69, 9.17) is 32.5 Å². The van der Waals surface area contributed by atoms with E-state index >= 15 is 0 Å². The predicted octanol–water partition coefficient (Wildman–Crippen LogP) is 2.50. The lowest BCUT2D eigenvalue weighted by molar-refractivity contribution is -0.911. The molecule has 0 aliphatic carbocycles. The van der Waals surface area contributed by atoms with Crippen LogP contribution in [0.2, 0.25) is 5.15 Å². The summed E-state index contributed by atoms with van der Waals surface area (Å²) in [5.41, 5.74) is 15.2. The number of carbonyl (C=O) groups is 1. The zero-order valence-electron chi connectivity index (χ0n) is 26.0. The third kappa shape index (κ3) is 10.2. The fourth-order valence-electron chi connectivity index (χ4n) is 5.40. The third-order valence-electron chi connectivity index (χ3n) is 7.90. The molecule has 0 aliphatic heterocycles. The Hall–Kier alpha value is -4.05. The molecule has 5 N–H and O–H groups in total. The number of methoxy groups -OCH3 is 2. The van der Waals surface area contributed by atoms with Gasteiger partial charge in [-0.1, -0.05) is 66.2 Å². The van der Waals surface area contributed by atoms with Gasteiger partial charge in [0.25, 0.3) is 5.91 Å². The van der Waals surface area contributed by atoms with E-state index in [0.29, 0.717) is 6.54 Å². The Bertz CT molecular complexity index is 1450. The highest BCUT2D eigenvalue weighted by molar-refractivity contribution is 6.31. The van der Waals surface area contributed by atoms with Crippen LogP contribution in [0.4, 0.5) is 11.6 Å². The van der Waals surface area contributed by atoms with E-state index in [1.807, 2.05) is 54.6 Å². The number of nitrogens with zero attached hydrogens (tertiary/aromatic N) is 3. The zero-order chi connectivity index (χ0) is 31.5. The van der Waals surface area contributed by atoms with Gasteiger partial charge < -0.3 is 43.1 Å². The van der Waals surface area contributed by atoms with Gasteiger partial charge in [0, 0.05) is 12.8 Å². The second-order valence-corrected chi connectivity index (χ2v) is 11.6. The molecule has 0 aliphatic rings. The average molecular weight is 654 g/mol. The van der Waals surface area contributed by atoms with Gasteiger partial charge in [-0.2, -0.15) is 0 Å². The largest absolute Gasteiger partial charge is 1.00 e. The molecule has 4 aromatic rings. The lowest BCUT2D eigenvalue weighted by Crippen LogP contribution is -3.00. The molecule has 0 bridgehead atoms. The topological polar surface area (TPSA) is 125 Å². The Morgan fingerprint density at radius 1 is 0.822 bits per heavy atom. The number of aryl methyl sites for hydroxylation is 2. The number of halogens is 2. The number of anilines is 2. The molecule has 0 saturated heterocycles. The lowest BCUT2D eigenvalue weighted by Gasteiger charge is -2.38. The predicted molar refractivity (Wildman–Crippen MR) is 176 cm³/mol. The van der Waals surface area contributed by atoms with E-state index in [2.05, 4.69) is 46.6 Å². The highest BCUT2D eigenvalue weighted by atomic mass is 35.5. The average Bonchev–Trinajstić information content (AvgIpc) is 3.03. The second kappa shape index (κ2) is 16.9. The lowest BCUT2D eigenvalue weighted by atomic mass is 10.0. The van der Waals surface area contributed by atoms with Crippen LogP contribution in [0.5, 0.6) is 11.5 Å². The van der Waals surface area contributed by atoms with Crippen molar-refractivity contribution in [2.24, 2.45) is 0 Å². The molecule has 1 heterocycles. The van der Waals surface area contributed by atoms with Gasteiger partial charge in [0.05, 0.1) is 34.4 Å². The summed E-state index contributed by atoms with van der Waals surface area (Å²) in [5, 5.41) is 3.11. The Morgan fingerprint density at radius 3 is 1.82 bits per heavy atom. The number of carbonyl (C=O) groups excluding carboxylic acids is 1. The number of aromatic nitrogens is 2. The molecule has 45 heavy (non-hydrogen) atoms. The molecular formula is C34H42Cl2N6O3. The molecule has 1 unspecified atom stereocenters. The first-order chi connectivity index (χ1) is 21.2. The van der Waals surface area contributed by atoms with Gasteiger partial charge in [-0.15, -0.1) is 0 Å². The number of quaternary nitrogens is 1. The van der Waals surface area contributed by atoms with Crippen LogP contribution < -0.4 is 38.7 Å². The van der Waals surface area contributed by atoms with Crippen molar-refractivity contribution in [1.29, 1.82) is 0 Å². The van der Waals surface area contributed by atoms with Crippen LogP contribution in [0.1, 0.15) is 46.1 Å². The first kappa shape index (κ1) is 35.4. The van der Waals surface area contributed by atoms with Crippen molar-refractivity contribution in [3.63, 3.8) is 0 Å². The van der Waals surface area contributed by atoms with Gasteiger partial charge in [-0.25, -0.2) is 9.97 Å². The van der Waals surface area contributed by atoms with Crippen LogP contribution in [0.25, 0.3) is 0 Å². The van der Waals surface area contributed by atoms with Gasteiger partial charge in [-0.05, 0) is 53.8 Å². The number of ether oxygens (including phenoxy) is 2. The van der Waals surface area contributed by atoms with Crippen LogP contribution in [0.3, 0.4) is 0 Å². The van der Waals surface area contributed by atoms with Gasteiger partial charge in [0.15, 0.2) is 22.5 Å². The van der Waals surface area contributed by atoms with Crippen LogP contribution in [0, 0.1) is 0 Å². The summed E-state index contributed by atoms with van der Waals surface area (Å²) in [6.45, 7) is 2.50. The van der Waals surface area contributed by atoms with Gasteiger partial charge in [-0.3, -0.25) is 4.79 Å². The molecule has 3 aromatic carbocycles. The molecule has 1 atom stereocenters. The molecule has 1 amide bonds. The van der Waals surface area contributed by atoms with Crippen molar-refractivity contribution in [2.75, 3.05) is 52.4 Å². The molecule has 0 spiro atoms. The molecule has 0 saturated carbocycles. The number of benzene rings is 3. The summed E-state index contributed by atoms with van der Waals surface area (Å²) in [6, 6.07) is 26.1. The Kier molecular flexibility index (Phi) is 13.3. The minimum Gasteiger partial charge on any atom is -1.00 e. The standard InChI is InChI=1S/C34H41ClN6O3.ClH/c1-41(21-7-9-24-13-17-27(43-2)18-14-24,22-8-10-25-15-19-28(44-3)20-16-25)23-29(26-11-5-4-6-12-26)38-34(42)30-32(36)40-33(37)31(35)39-30;/h4-6,11-20,29H,7-10,21-23H2,1-3H3,(H4-,36,37,38,40,42);1H. The molecule has 4 rings (SSSR count). The summed E-state index contributed by atoms with van der Waals surface area (Å²) >= 11 is 6.09. The van der Waals surface area contributed by atoms with E-state index in [0.717, 1.165) is 60.3 Å². The van der Waals surface area contributed by atoms with E-state index in [-0.39, 0.29) is 40.9 Å². The van der Waals surface area contributed by atoms with Crippen molar-refractivity contribution in [3.05, 3.63) is 106 Å². The molecule has 0 radical (unpaired) electrons. The number of rotatable bonds is 15. The minimum absolute atomic E-state index is 0. The summed E-state index contributed by atoms with van der Waals surface area (Å²) in [4.78, 5) is 21.6. The highest BCUT2D eigenvalue weighted by Gasteiger charge is 2.30. The Morgan fingerprint density at radius 2 is 1.33 bits per heavy atom. The minimum atomic E-state index is -0.450. The number of nitrogen functional groups attached to an aromatic ring is 2. The van der Waals surface area contributed by atoms with Crippen molar-refractivity contribution in [1.82, 2.24) is 15.3 Å². The van der Waals surface area contributed by atoms with Gasteiger partial charge >= 0.3 is 0 Å². The number of nitrogens with one attached hydrogen (secondary N) is 1. The molecular weight excluding hydrogens is 611 g/mol. The monoisotopic (exact) mass is 652 g/mol. The summed E-state index contributed by atoms with van der Waals surface area (Å²) < 4.78 is 11.4. The van der Waals surface area contributed by atoms with Crippen LogP contribution >= 0.6 is 11.6 Å². The summed E-state index contributed by atoms with van der Waals surface area (Å²) in [7, 11) is 5.61. The quantitative estimate of drug-likeness (QED) is 0.169. The molecule has 9 nitrogen and oxygen atoms in total. The number of hydrogen-bond donors (Lipinski definition) is 3. The number of nitrogens with two attached hydrogens (primary N) is 2. The first-order valence-corrected chi connectivity index (χ1v) is 15.1. The smallest absolute Gasteiger partial charge is 0.274 e. The van der Waals surface area contributed by atoms with E-state index in [1.54, 1.807) is 14.2 Å². The maximum Gasteiger partial charge on any atom is 0.274 e. The van der Waals surface area contributed by atoms with E-state index in [9.17, 15) is 4.79 Å². The highest BCUT2D eigenvalue weighted by Crippen LogP contribution is 2.23. The Labute approximate surface area is 276 Å². The second-order valence-electron chi connectivity index (χ2n) is 11.2. The normalized spacial score (nSPS) is 11.7. The van der Waals surface area contributed by atoms with Gasteiger partial charge in [0.2, 0.25) is 0 Å². The van der Waals surface area contributed by atoms with Crippen LogP contribution in [-0.4, -0.2) is 61.3 Å². The van der Waals surface area contributed by atoms with Crippen LogP contribution in [0.15, 0.2) is 78.9 Å². The van der Waals surface area contributed by atoms with Crippen molar-refractivity contribution in [3.8, 4) is 11.5 Å². The molecule has 240 valence electrons. The third-order valence-corrected chi connectivity index (χ3v) is 8.17. The van der Waals surface area contributed by atoms with Crippen molar-refractivity contribution in [2.45, 2.75) is 31.7 Å². The zero-order valence-corrected chi connectivity index (χ0v) is 27.5. The fourth-order valence-corrected chi connectivity index (χ4v) is 5.53. The summed E-state index contributed by atoms with van der Waals surface area (Å²) in [6.07, 6.45) is 3.84. The molecule has 11 heteroatoms. The van der Waals surface area contributed by atoms with Crippen molar-refractivity contribution >= 4 is 29.1 Å². The number of hydrogen-bond acceptors (Lipinski definition) is 7.